The van der Waals surface area contributed by atoms with Crippen molar-refractivity contribution in [1.29, 1.82) is 0 Å². The lowest BCUT2D eigenvalue weighted by Crippen LogP contribution is -2.02. The number of rotatable bonds is 4. The van der Waals surface area contributed by atoms with Crippen LogP contribution in [0.5, 0.6) is 0 Å². The number of halogens is 1. The first kappa shape index (κ1) is 14.4. The van der Waals surface area contributed by atoms with Gasteiger partial charge in [-0.2, -0.15) is 0 Å². The summed E-state index contributed by atoms with van der Waals surface area (Å²) < 4.78 is 13.4. The molecular weight excluding hydrogens is 227 g/mol. The number of hydrogen-bond acceptors (Lipinski definition) is 1. The molecule has 1 atom stereocenters. The zero-order valence-electron chi connectivity index (χ0n) is 11.4. The van der Waals surface area contributed by atoms with Crippen LogP contribution in [0.25, 0.3) is 0 Å². The van der Waals surface area contributed by atoms with Crippen molar-refractivity contribution < 1.29 is 9.18 Å². The van der Waals surface area contributed by atoms with E-state index >= 15 is 0 Å². The number of ketones is 1. The Bertz CT molecular complexity index is 492. The lowest BCUT2D eigenvalue weighted by Gasteiger charge is -2.15. The van der Waals surface area contributed by atoms with Crippen molar-refractivity contribution in [2.75, 3.05) is 0 Å². The van der Waals surface area contributed by atoms with Crippen molar-refractivity contribution in [3.63, 3.8) is 0 Å². The van der Waals surface area contributed by atoms with E-state index in [1.165, 1.54) is 19.1 Å². The Morgan fingerprint density at radius 2 is 1.89 bits per heavy atom. The Hall–Kier alpha value is -1.70. The minimum Gasteiger partial charge on any atom is -0.295 e. The maximum atomic E-state index is 13.4. The van der Waals surface area contributed by atoms with Gasteiger partial charge in [0.2, 0.25) is 0 Å². The number of carbonyl (C=O) groups is 1. The van der Waals surface area contributed by atoms with Gasteiger partial charge in [-0.1, -0.05) is 24.3 Å². The predicted molar refractivity (Wildman–Crippen MR) is 73.1 cm³/mol. The van der Waals surface area contributed by atoms with Crippen LogP contribution in [0.1, 0.15) is 37.8 Å². The fourth-order valence-electron chi connectivity index (χ4n) is 1.83. The average Bonchev–Trinajstić information content (AvgIpc) is 2.23. The van der Waals surface area contributed by atoms with Crippen LogP contribution in [0.4, 0.5) is 4.39 Å². The Labute approximate surface area is 108 Å². The monoisotopic (exact) mass is 246 g/mol. The molecule has 1 unspecified atom stereocenters. The molecule has 96 valence electrons. The summed E-state index contributed by atoms with van der Waals surface area (Å²) in [7, 11) is 0. The molecule has 0 aliphatic carbocycles. The van der Waals surface area contributed by atoms with E-state index in [0.717, 1.165) is 16.7 Å². The van der Waals surface area contributed by atoms with Crippen LogP contribution in [0.3, 0.4) is 0 Å². The molecule has 2 heteroatoms. The molecule has 0 fully saturated rings. The van der Waals surface area contributed by atoms with E-state index in [1.807, 2.05) is 26.0 Å². The van der Waals surface area contributed by atoms with E-state index in [9.17, 15) is 9.18 Å². The van der Waals surface area contributed by atoms with E-state index in [1.54, 1.807) is 6.92 Å². The maximum absolute atomic E-state index is 13.4. The van der Waals surface area contributed by atoms with E-state index in [-0.39, 0.29) is 17.5 Å². The Kier molecular flexibility index (Phi) is 4.60. The number of Topliss-reactive ketones (excluding diaryl/α,β-unsaturated/α-hetero) is 1. The Balaban J connectivity index is 3.25. The second-order valence-electron chi connectivity index (χ2n) is 4.79. The average molecular weight is 246 g/mol. The number of benzene rings is 1. The lowest BCUT2D eigenvalue weighted by molar-refractivity contribution is -0.113. The zero-order valence-corrected chi connectivity index (χ0v) is 11.4. The van der Waals surface area contributed by atoms with Gasteiger partial charge in [0.15, 0.2) is 5.78 Å². The molecule has 1 nitrogen and oxygen atoms in total. The molecular formula is C16H19FO. The minimum absolute atomic E-state index is 0.0226. The lowest BCUT2D eigenvalue weighted by atomic mass is 9.89. The van der Waals surface area contributed by atoms with Crippen molar-refractivity contribution in [2.24, 2.45) is 0 Å². The molecule has 0 bridgehead atoms. The minimum atomic E-state index is -0.259. The van der Waals surface area contributed by atoms with E-state index in [0.29, 0.717) is 5.57 Å². The van der Waals surface area contributed by atoms with Gasteiger partial charge in [0.25, 0.3) is 0 Å². The van der Waals surface area contributed by atoms with Crippen molar-refractivity contribution in [2.45, 2.75) is 33.6 Å². The van der Waals surface area contributed by atoms with Crippen LogP contribution in [-0.4, -0.2) is 5.78 Å². The van der Waals surface area contributed by atoms with Gasteiger partial charge >= 0.3 is 0 Å². The molecule has 0 aliphatic heterocycles. The fraction of sp³-hybridized carbons (Fsp3) is 0.312. The molecule has 0 saturated heterocycles. The highest BCUT2D eigenvalue weighted by atomic mass is 19.1. The SMILES string of the molecule is C=C(C)C(/C=C(\C)C(C)=O)c1cc(C)cc(F)c1. The summed E-state index contributed by atoms with van der Waals surface area (Å²) in [6.07, 6.45) is 1.85. The first-order valence-electron chi connectivity index (χ1n) is 5.93. The normalized spacial score (nSPS) is 13.3. The van der Waals surface area contributed by atoms with Gasteiger partial charge < -0.3 is 0 Å². The van der Waals surface area contributed by atoms with Crippen LogP contribution in [0.2, 0.25) is 0 Å². The highest BCUT2D eigenvalue weighted by molar-refractivity contribution is 5.92. The molecule has 1 aromatic rings. The van der Waals surface area contributed by atoms with Crippen molar-refractivity contribution >= 4 is 5.78 Å². The van der Waals surface area contributed by atoms with Crippen molar-refractivity contribution in [3.8, 4) is 0 Å². The van der Waals surface area contributed by atoms with Gasteiger partial charge in [-0.15, -0.1) is 0 Å². The standard InChI is InChI=1S/C16H19FO/c1-10(2)16(8-12(4)13(5)18)14-6-11(3)7-15(17)9-14/h6-9,16H,1H2,2-5H3/b12-8+. The highest BCUT2D eigenvalue weighted by Gasteiger charge is 2.12. The predicted octanol–water partition coefficient (Wildman–Crippen LogP) is 4.33. The summed E-state index contributed by atoms with van der Waals surface area (Å²) in [6.45, 7) is 11.0. The maximum Gasteiger partial charge on any atom is 0.155 e. The van der Waals surface area contributed by atoms with Gasteiger partial charge in [-0.05, 0) is 56.5 Å². The summed E-state index contributed by atoms with van der Waals surface area (Å²) in [6, 6.07) is 4.91. The summed E-state index contributed by atoms with van der Waals surface area (Å²) in [4.78, 5) is 11.3. The number of aryl methyl sites for hydroxylation is 1. The molecule has 0 spiro atoms. The van der Waals surface area contributed by atoms with Gasteiger partial charge in [0.1, 0.15) is 5.82 Å². The third kappa shape index (κ3) is 3.66. The first-order valence-corrected chi connectivity index (χ1v) is 5.93. The molecule has 0 heterocycles. The number of carbonyl (C=O) groups excluding carboxylic acids is 1. The molecule has 0 saturated carbocycles. The third-order valence-electron chi connectivity index (χ3n) is 2.93. The summed E-state index contributed by atoms with van der Waals surface area (Å²) in [5, 5.41) is 0. The summed E-state index contributed by atoms with van der Waals surface area (Å²) in [5.41, 5.74) is 3.26. The topological polar surface area (TPSA) is 17.1 Å². The molecule has 0 aromatic heterocycles. The summed E-state index contributed by atoms with van der Waals surface area (Å²) in [5.74, 6) is -0.359. The molecule has 0 aliphatic rings. The van der Waals surface area contributed by atoms with Crippen LogP contribution in [-0.2, 0) is 4.79 Å². The molecule has 1 aromatic carbocycles. The number of hydrogen-bond donors (Lipinski definition) is 0. The van der Waals surface area contributed by atoms with Crippen LogP contribution < -0.4 is 0 Å². The Morgan fingerprint density at radius 3 is 2.33 bits per heavy atom. The van der Waals surface area contributed by atoms with Gasteiger partial charge in [0.05, 0.1) is 0 Å². The van der Waals surface area contributed by atoms with Crippen LogP contribution in [0.15, 0.2) is 42.0 Å². The highest BCUT2D eigenvalue weighted by Crippen LogP contribution is 2.27. The summed E-state index contributed by atoms with van der Waals surface area (Å²) >= 11 is 0. The third-order valence-corrected chi connectivity index (χ3v) is 2.93. The van der Waals surface area contributed by atoms with Gasteiger partial charge in [-0.3, -0.25) is 4.79 Å². The molecule has 1 rings (SSSR count). The zero-order chi connectivity index (χ0) is 13.9. The second kappa shape index (κ2) is 5.76. The van der Waals surface area contributed by atoms with Crippen LogP contribution in [0, 0.1) is 12.7 Å². The largest absolute Gasteiger partial charge is 0.295 e. The molecule has 0 radical (unpaired) electrons. The Morgan fingerprint density at radius 1 is 1.28 bits per heavy atom. The van der Waals surface area contributed by atoms with E-state index in [2.05, 4.69) is 6.58 Å². The second-order valence-corrected chi connectivity index (χ2v) is 4.79. The first-order chi connectivity index (χ1) is 8.31. The smallest absolute Gasteiger partial charge is 0.155 e. The van der Waals surface area contributed by atoms with E-state index in [4.69, 9.17) is 0 Å². The molecule has 0 amide bonds. The van der Waals surface area contributed by atoms with Gasteiger partial charge in [-0.25, -0.2) is 4.39 Å². The molecule has 18 heavy (non-hydrogen) atoms. The quantitative estimate of drug-likeness (QED) is 0.571. The van der Waals surface area contributed by atoms with E-state index < -0.39 is 0 Å². The number of allylic oxidation sites excluding steroid dienone is 3. The van der Waals surface area contributed by atoms with Crippen LogP contribution >= 0.6 is 0 Å². The van der Waals surface area contributed by atoms with Gasteiger partial charge in [0, 0.05) is 5.92 Å². The van der Waals surface area contributed by atoms with Crippen molar-refractivity contribution in [1.82, 2.24) is 0 Å². The van der Waals surface area contributed by atoms with Crippen molar-refractivity contribution in [3.05, 3.63) is 58.9 Å². The fourth-order valence-corrected chi connectivity index (χ4v) is 1.83. The molecule has 0 N–H and O–H groups in total.